The molecule has 1 atom stereocenters. The van der Waals surface area contributed by atoms with Crippen LogP contribution in [0.3, 0.4) is 0 Å². The number of carbonyl (C=O) groups excluding carboxylic acids is 1. The highest BCUT2D eigenvalue weighted by molar-refractivity contribution is 7.91. The molecule has 8 heteroatoms. The van der Waals surface area contributed by atoms with Gasteiger partial charge in [-0.2, -0.15) is 0 Å². The summed E-state index contributed by atoms with van der Waals surface area (Å²) >= 11 is 5.78. The van der Waals surface area contributed by atoms with Crippen LogP contribution in [0.15, 0.2) is 24.3 Å². The summed E-state index contributed by atoms with van der Waals surface area (Å²) in [5, 5.41) is 9.31. The molecule has 120 valence electrons. The molecule has 1 aromatic carbocycles. The fourth-order valence-electron chi connectivity index (χ4n) is 2.45. The second-order valence-electron chi connectivity index (χ2n) is 5.21. The molecule has 0 radical (unpaired) electrons. The second-order valence-corrected chi connectivity index (χ2v) is 7.87. The molecule has 1 heterocycles. The lowest BCUT2D eigenvalue weighted by atomic mass is 10.1. The standard InChI is InChI=1S/C14H16ClNO5S/c15-11-3-1-10(2-4-11)14(19)16(7-5-13(17)18)12-6-8-22(20,21)9-12/h1-4,12H,5-9H2,(H,17,18). The van der Waals surface area contributed by atoms with Gasteiger partial charge < -0.3 is 10.0 Å². The summed E-state index contributed by atoms with van der Waals surface area (Å²) in [5.74, 6) is -1.50. The summed E-state index contributed by atoms with van der Waals surface area (Å²) in [6.45, 7) is -0.0169. The third-order valence-corrected chi connectivity index (χ3v) is 5.57. The molecular formula is C14H16ClNO5S. The normalized spacial score (nSPS) is 19.8. The summed E-state index contributed by atoms with van der Waals surface area (Å²) in [6.07, 6.45) is 0.108. The topological polar surface area (TPSA) is 91.8 Å². The lowest BCUT2D eigenvalue weighted by Gasteiger charge is -2.28. The summed E-state index contributed by atoms with van der Waals surface area (Å²) < 4.78 is 23.2. The van der Waals surface area contributed by atoms with E-state index < -0.39 is 21.8 Å². The summed E-state index contributed by atoms with van der Waals surface area (Å²) in [7, 11) is -3.16. The highest BCUT2D eigenvalue weighted by atomic mass is 35.5. The van der Waals surface area contributed by atoms with Crippen molar-refractivity contribution < 1.29 is 23.1 Å². The lowest BCUT2D eigenvalue weighted by molar-refractivity contribution is -0.137. The quantitative estimate of drug-likeness (QED) is 0.871. The number of benzene rings is 1. The molecule has 2 rings (SSSR count). The largest absolute Gasteiger partial charge is 0.481 e. The van der Waals surface area contributed by atoms with E-state index in [1.54, 1.807) is 24.3 Å². The van der Waals surface area contributed by atoms with Gasteiger partial charge in [-0.05, 0) is 30.7 Å². The molecule has 0 bridgehead atoms. The van der Waals surface area contributed by atoms with Crippen molar-refractivity contribution >= 4 is 33.3 Å². The third-order valence-electron chi connectivity index (χ3n) is 3.57. The lowest BCUT2D eigenvalue weighted by Crippen LogP contribution is -2.42. The summed E-state index contributed by atoms with van der Waals surface area (Å²) in [5.41, 5.74) is 0.360. The molecule has 1 aliphatic rings. The van der Waals surface area contributed by atoms with Crippen LogP contribution >= 0.6 is 11.6 Å². The zero-order chi connectivity index (χ0) is 16.3. The van der Waals surface area contributed by atoms with Gasteiger partial charge in [-0.15, -0.1) is 0 Å². The molecule has 1 amide bonds. The Labute approximate surface area is 133 Å². The van der Waals surface area contributed by atoms with Gasteiger partial charge >= 0.3 is 5.97 Å². The zero-order valence-corrected chi connectivity index (χ0v) is 13.3. The minimum atomic E-state index is -3.16. The highest BCUT2D eigenvalue weighted by Gasteiger charge is 2.35. The molecule has 6 nitrogen and oxygen atoms in total. The molecule has 1 fully saturated rings. The van der Waals surface area contributed by atoms with Crippen LogP contribution in [0.4, 0.5) is 0 Å². The number of carboxylic acid groups (broad SMARTS) is 1. The van der Waals surface area contributed by atoms with Crippen LogP contribution < -0.4 is 0 Å². The Kier molecular flexibility index (Phi) is 5.08. The summed E-state index contributed by atoms with van der Waals surface area (Å²) in [4.78, 5) is 24.7. The molecule has 1 saturated heterocycles. The van der Waals surface area contributed by atoms with E-state index in [0.717, 1.165) is 0 Å². The Morgan fingerprint density at radius 2 is 1.91 bits per heavy atom. The van der Waals surface area contributed by atoms with E-state index >= 15 is 0 Å². The molecule has 1 aliphatic heterocycles. The van der Waals surface area contributed by atoms with Gasteiger partial charge in [-0.3, -0.25) is 9.59 Å². The number of sulfone groups is 1. The molecular weight excluding hydrogens is 330 g/mol. The Hall–Kier alpha value is -1.60. The van der Waals surface area contributed by atoms with Gasteiger partial charge in [-0.25, -0.2) is 8.42 Å². The maximum Gasteiger partial charge on any atom is 0.305 e. The predicted molar refractivity (Wildman–Crippen MR) is 81.8 cm³/mol. The smallest absolute Gasteiger partial charge is 0.305 e. The minimum Gasteiger partial charge on any atom is -0.481 e. The van der Waals surface area contributed by atoms with Gasteiger partial charge in [0.05, 0.1) is 17.9 Å². The highest BCUT2D eigenvalue weighted by Crippen LogP contribution is 2.21. The number of carboxylic acids is 1. The van der Waals surface area contributed by atoms with Gasteiger partial charge in [0.15, 0.2) is 9.84 Å². The van der Waals surface area contributed by atoms with E-state index in [1.165, 1.54) is 4.90 Å². The Morgan fingerprint density at radius 1 is 1.27 bits per heavy atom. The number of nitrogens with zero attached hydrogens (tertiary/aromatic N) is 1. The van der Waals surface area contributed by atoms with E-state index in [1.807, 2.05) is 0 Å². The first kappa shape index (κ1) is 16.8. The Bertz CT molecular complexity index is 671. The molecule has 0 aromatic heterocycles. The van der Waals surface area contributed by atoms with Gasteiger partial charge in [0.1, 0.15) is 0 Å². The first-order valence-corrected chi connectivity index (χ1v) is 8.97. The van der Waals surface area contributed by atoms with E-state index in [0.29, 0.717) is 17.0 Å². The number of hydrogen-bond donors (Lipinski definition) is 1. The Morgan fingerprint density at radius 3 is 2.41 bits per heavy atom. The second kappa shape index (κ2) is 6.66. The van der Waals surface area contributed by atoms with Gasteiger partial charge in [0, 0.05) is 23.2 Å². The van der Waals surface area contributed by atoms with Gasteiger partial charge in [-0.1, -0.05) is 11.6 Å². The molecule has 1 aromatic rings. The third kappa shape index (κ3) is 4.20. The minimum absolute atomic E-state index is 0.0169. The first-order chi connectivity index (χ1) is 10.3. The molecule has 1 unspecified atom stereocenters. The molecule has 22 heavy (non-hydrogen) atoms. The van der Waals surface area contributed by atoms with Crippen molar-refractivity contribution in [1.29, 1.82) is 0 Å². The molecule has 0 spiro atoms. The van der Waals surface area contributed by atoms with E-state index in [9.17, 15) is 18.0 Å². The SMILES string of the molecule is O=C(O)CCN(C(=O)c1ccc(Cl)cc1)C1CCS(=O)(=O)C1. The van der Waals surface area contributed by atoms with Crippen LogP contribution in [-0.4, -0.2) is 54.4 Å². The van der Waals surface area contributed by atoms with Crippen LogP contribution in [-0.2, 0) is 14.6 Å². The van der Waals surface area contributed by atoms with E-state index in [-0.39, 0.29) is 30.4 Å². The fourth-order valence-corrected chi connectivity index (χ4v) is 4.30. The predicted octanol–water partition coefficient (Wildman–Crippen LogP) is 1.44. The Balaban J connectivity index is 2.21. The van der Waals surface area contributed by atoms with Crippen LogP contribution in [0.25, 0.3) is 0 Å². The first-order valence-electron chi connectivity index (χ1n) is 6.77. The van der Waals surface area contributed by atoms with Crippen LogP contribution in [0.2, 0.25) is 5.02 Å². The average Bonchev–Trinajstić information content (AvgIpc) is 2.79. The number of amides is 1. The van der Waals surface area contributed by atoms with Crippen LogP contribution in [0.1, 0.15) is 23.2 Å². The van der Waals surface area contributed by atoms with Crippen molar-refractivity contribution in [1.82, 2.24) is 4.90 Å². The molecule has 0 saturated carbocycles. The van der Waals surface area contributed by atoms with Crippen molar-refractivity contribution in [2.75, 3.05) is 18.1 Å². The van der Waals surface area contributed by atoms with Crippen molar-refractivity contribution in [3.8, 4) is 0 Å². The number of carbonyl (C=O) groups is 2. The number of aliphatic carboxylic acids is 1. The van der Waals surface area contributed by atoms with Crippen molar-refractivity contribution in [2.45, 2.75) is 18.9 Å². The average molecular weight is 346 g/mol. The summed E-state index contributed by atoms with van der Waals surface area (Å²) in [6, 6.07) is 5.74. The number of halogens is 1. The molecule has 0 aliphatic carbocycles. The fraction of sp³-hybridized carbons (Fsp3) is 0.429. The maximum absolute atomic E-state index is 12.6. The van der Waals surface area contributed by atoms with Crippen molar-refractivity contribution in [3.63, 3.8) is 0 Å². The maximum atomic E-state index is 12.6. The van der Waals surface area contributed by atoms with Crippen molar-refractivity contribution in [3.05, 3.63) is 34.9 Å². The van der Waals surface area contributed by atoms with Gasteiger partial charge in [0.25, 0.3) is 5.91 Å². The van der Waals surface area contributed by atoms with Crippen LogP contribution in [0, 0.1) is 0 Å². The molecule has 1 N–H and O–H groups in total. The van der Waals surface area contributed by atoms with Gasteiger partial charge in [0.2, 0.25) is 0 Å². The van der Waals surface area contributed by atoms with Crippen molar-refractivity contribution in [2.24, 2.45) is 0 Å². The number of rotatable bonds is 5. The van der Waals surface area contributed by atoms with E-state index in [4.69, 9.17) is 16.7 Å². The zero-order valence-electron chi connectivity index (χ0n) is 11.7. The van der Waals surface area contributed by atoms with Crippen LogP contribution in [0.5, 0.6) is 0 Å². The van der Waals surface area contributed by atoms with E-state index in [2.05, 4.69) is 0 Å². The monoisotopic (exact) mass is 345 g/mol. The number of hydrogen-bond acceptors (Lipinski definition) is 4.